The summed E-state index contributed by atoms with van der Waals surface area (Å²) in [7, 11) is -3.91. The lowest BCUT2D eigenvalue weighted by Gasteiger charge is -2.37. The van der Waals surface area contributed by atoms with Gasteiger partial charge in [-0.1, -0.05) is 0 Å². The predicted molar refractivity (Wildman–Crippen MR) is 69.3 cm³/mol. The Balaban J connectivity index is 2.23. The van der Waals surface area contributed by atoms with Crippen molar-refractivity contribution in [2.45, 2.75) is 44.6 Å². The summed E-state index contributed by atoms with van der Waals surface area (Å²) in [6, 6.07) is -1.21. The van der Waals surface area contributed by atoms with E-state index in [1.54, 1.807) is 13.8 Å². The van der Waals surface area contributed by atoms with E-state index in [1.807, 2.05) is 0 Å². The van der Waals surface area contributed by atoms with E-state index >= 15 is 0 Å². The summed E-state index contributed by atoms with van der Waals surface area (Å²) in [5.41, 5.74) is 0. The molecular formula is C11H20N2O6S. The van der Waals surface area contributed by atoms with Crippen LogP contribution in [-0.4, -0.2) is 77.2 Å². The first-order chi connectivity index (χ1) is 9.21. The van der Waals surface area contributed by atoms with E-state index < -0.39 is 28.3 Å². The molecule has 0 aromatic rings. The summed E-state index contributed by atoms with van der Waals surface area (Å²) in [5, 5.41) is 18.7. The van der Waals surface area contributed by atoms with E-state index in [9.17, 15) is 18.3 Å². The molecule has 0 amide bonds. The number of morpholine rings is 1. The van der Waals surface area contributed by atoms with Gasteiger partial charge in [0.25, 0.3) is 10.2 Å². The normalized spacial score (nSPS) is 37.1. The molecule has 0 radical (unpaired) electrons. The van der Waals surface area contributed by atoms with Crippen molar-refractivity contribution < 1.29 is 28.2 Å². The van der Waals surface area contributed by atoms with Crippen LogP contribution in [0.1, 0.15) is 20.3 Å². The number of hydrogen-bond donors (Lipinski definition) is 2. The summed E-state index contributed by atoms with van der Waals surface area (Å²) >= 11 is 0. The Morgan fingerprint density at radius 2 is 1.75 bits per heavy atom. The van der Waals surface area contributed by atoms with Crippen LogP contribution in [0.25, 0.3) is 0 Å². The van der Waals surface area contributed by atoms with Gasteiger partial charge in [-0.3, -0.25) is 4.79 Å². The van der Waals surface area contributed by atoms with Crippen LogP contribution in [0.3, 0.4) is 0 Å². The van der Waals surface area contributed by atoms with E-state index in [0.29, 0.717) is 0 Å². The van der Waals surface area contributed by atoms with Crippen molar-refractivity contribution in [1.82, 2.24) is 8.61 Å². The van der Waals surface area contributed by atoms with Crippen LogP contribution in [0.5, 0.6) is 0 Å². The maximum Gasteiger partial charge on any atom is 0.322 e. The Morgan fingerprint density at radius 3 is 2.25 bits per heavy atom. The van der Waals surface area contributed by atoms with Gasteiger partial charge in [0.1, 0.15) is 6.04 Å². The van der Waals surface area contributed by atoms with Crippen molar-refractivity contribution in [3.8, 4) is 0 Å². The Morgan fingerprint density at radius 1 is 1.20 bits per heavy atom. The molecular weight excluding hydrogens is 288 g/mol. The fraction of sp³-hybridized carbons (Fsp3) is 0.909. The number of hydrogen-bond acceptors (Lipinski definition) is 5. The summed E-state index contributed by atoms with van der Waals surface area (Å²) in [6.07, 6.45) is -1.51. The first-order valence-corrected chi connectivity index (χ1v) is 7.94. The van der Waals surface area contributed by atoms with Crippen LogP contribution >= 0.6 is 0 Å². The fourth-order valence-corrected chi connectivity index (χ4v) is 4.68. The number of carboxylic acids is 1. The Bertz CT molecular complexity index is 471. The molecule has 116 valence electrons. The Labute approximate surface area is 118 Å². The largest absolute Gasteiger partial charge is 0.480 e. The van der Waals surface area contributed by atoms with Crippen LogP contribution in [0.2, 0.25) is 0 Å². The standard InChI is InChI=1S/C11H20N2O6S/c1-7-4-12(5-8(2)19-7)20(17,18)13-6-9(14)3-10(13)11(15)16/h7-10,14H,3-6H2,1-2H3,(H,15,16)/t7?,8?,9-,10-/m0/s1. The van der Waals surface area contributed by atoms with Gasteiger partial charge >= 0.3 is 5.97 Å². The summed E-state index contributed by atoms with van der Waals surface area (Å²) in [5.74, 6) is -1.24. The molecule has 0 bridgehead atoms. The number of nitrogens with zero attached hydrogens (tertiary/aromatic N) is 2. The molecule has 2 saturated heterocycles. The van der Waals surface area contributed by atoms with Gasteiger partial charge in [0.15, 0.2) is 0 Å². The first kappa shape index (κ1) is 15.6. The van der Waals surface area contributed by atoms with Crippen molar-refractivity contribution in [1.29, 1.82) is 0 Å². The van der Waals surface area contributed by atoms with Crippen LogP contribution in [-0.2, 0) is 19.7 Å². The number of ether oxygens (including phenoxy) is 1. The molecule has 2 heterocycles. The molecule has 0 aliphatic carbocycles. The van der Waals surface area contributed by atoms with E-state index in [0.717, 1.165) is 4.31 Å². The van der Waals surface area contributed by atoms with Gasteiger partial charge in [-0.15, -0.1) is 0 Å². The third kappa shape index (κ3) is 2.96. The molecule has 8 nitrogen and oxygen atoms in total. The highest BCUT2D eigenvalue weighted by molar-refractivity contribution is 7.86. The second-order valence-electron chi connectivity index (χ2n) is 5.40. The molecule has 2 unspecified atom stereocenters. The summed E-state index contributed by atoms with van der Waals surface area (Å²) in [4.78, 5) is 11.2. The Kier molecular flexibility index (Phi) is 4.35. The lowest BCUT2D eigenvalue weighted by Crippen LogP contribution is -2.55. The maximum atomic E-state index is 12.6. The lowest BCUT2D eigenvalue weighted by atomic mass is 10.2. The third-order valence-electron chi connectivity index (χ3n) is 3.53. The van der Waals surface area contributed by atoms with Crippen LogP contribution in [0, 0.1) is 0 Å². The van der Waals surface area contributed by atoms with Gasteiger partial charge in [0.2, 0.25) is 0 Å². The second kappa shape index (κ2) is 5.57. The van der Waals surface area contributed by atoms with E-state index in [-0.39, 0.29) is 38.3 Å². The second-order valence-corrected chi connectivity index (χ2v) is 7.28. The topological polar surface area (TPSA) is 107 Å². The minimum Gasteiger partial charge on any atom is -0.480 e. The molecule has 2 N–H and O–H groups in total. The highest BCUT2D eigenvalue weighted by Gasteiger charge is 2.46. The van der Waals surface area contributed by atoms with Gasteiger partial charge in [-0.2, -0.15) is 17.0 Å². The highest BCUT2D eigenvalue weighted by Crippen LogP contribution is 2.26. The zero-order valence-corrected chi connectivity index (χ0v) is 12.3. The van der Waals surface area contributed by atoms with Crippen molar-refractivity contribution in [2.75, 3.05) is 19.6 Å². The van der Waals surface area contributed by atoms with Crippen molar-refractivity contribution in [2.24, 2.45) is 0 Å². The van der Waals surface area contributed by atoms with E-state index in [4.69, 9.17) is 9.84 Å². The average molecular weight is 308 g/mol. The highest BCUT2D eigenvalue weighted by atomic mass is 32.2. The molecule has 2 fully saturated rings. The maximum absolute atomic E-state index is 12.6. The van der Waals surface area contributed by atoms with Crippen molar-refractivity contribution >= 4 is 16.2 Å². The SMILES string of the molecule is CC1CN(S(=O)(=O)N2C[C@@H](O)C[C@H]2C(=O)O)CC(C)O1. The third-order valence-corrected chi connectivity index (χ3v) is 5.47. The lowest BCUT2D eigenvalue weighted by molar-refractivity contribution is -0.140. The molecule has 2 rings (SSSR count). The molecule has 0 aromatic carbocycles. The van der Waals surface area contributed by atoms with Gasteiger partial charge in [-0.05, 0) is 13.8 Å². The molecule has 2 aliphatic heterocycles. The summed E-state index contributed by atoms with van der Waals surface area (Å²) in [6.45, 7) is 3.73. The average Bonchev–Trinajstić information content (AvgIpc) is 2.71. The molecule has 20 heavy (non-hydrogen) atoms. The number of carboxylic acid groups (broad SMARTS) is 1. The monoisotopic (exact) mass is 308 g/mol. The predicted octanol–water partition coefficient (Wildman–Crippen LogP) is -1.14. The number of aliphatic hydroxyl groups excluding tert-OH is 1. The fourth-order valence-electron chi connectivity index (χ4n) is 2.73. The zero-order chi connectivity index (χ0) is 15.1. The zero-order valence-electron chi connectivity index (χ0n) is 11.5. The minimum absolute atomic E-state index is 0.0794. The van der Waals surface area contributed by atoms with E-state index in [1.165, 1.54) is 4.31 Å². The molecule has 9 heteroatoms. The Hall–Kier alpha value is -0.740. The number of carbonyl (C=O) groups is 1. The van der Waals surface area contributed by atoms with Gasteiger partial charge in [0.05, 0.1) is 18.3 Å². The molecule has 0 saturated carbocycles. The number of β-amino-alcohol motifs (C(OH)–C–C–N with tert-alkyl or cyclic N) is 1. The van der Waals surface area contributed by atoms with Gasteiger partial charge in [-0.25, -0.2) is 0 Å². The van der Waals surface area contributed by atoms with E-state index in [2.05, 4.69) is 0 Å². The summed E-state index contributed by atoms with van der Waals surface area (Å²) < 4.78 is 32.7. The molecule has 2 aliphatic rings. The van der Waals surface area contributed by atoms with Gasteiger partial charge < -0.3 is 14.9 Å². The first-order valence-electron chi connectivity index (χ1n) is 6.55. The molecule has 0 spiro atoms. The molecule has 4 atom stereocenters. The quantitative estimate of drug-likeness (QED) is 0.682. The van der Waals surface area contributed by atoms with Crippen LogP contribution < -0.4 is 0 Å². The van der Waals surface area contributed by atoms with Crippen molar-refractivity contribution in [3.05, 3.63) is 0 Å². The van der Waals surface area contributed by atoms with Crippen LogP contribution in [0.15, 0.2) is 0 Å². The minimum atomic E-state index is -3.91. The number of rotatable bonds is 3. The van der Waals surface area contributed by atoms with Gasteiger partial charge in [0, 0.05) is 26.1 Å². The smallest absolute Gasteiger partial charge is 0.322 e. The number of aliphatic hydroxyl groups is 1. The van der Waals surface area contributed by atoms with Crippen molar-refractivity contribution in [3.63, 3.8) is 0 Å². The molecule has 0 aromatic heterocycles. The van der Waals surface area contributed by atoms with Crippen LogP contribution in [0.4, 0.5) is 0 Å². The number of aliphatic carboxylic acids is 1.